The molecule has 0 fully saturated rings. The largest absolute Gasteiger partial charge is 0.478 e. The zero-order valence-corrected chi connectivity index (χ0v) is 10.6. The van der Waals surface area contributed by atoms with Crippen molar-refractivity contribution in [2.45, 2.75) is 0 Å². The Balaban J connectivity index is 2.37. The van der Waals surface area contributed by atoms with Crippen LogP contribution in [0.25, 0.3) is 0 Å². The van der Waals surface area contributed by atoms with E-state index in [2.05, 4.69) is 0 Å². The lowest BCUT2D eigenvalue weighted by Crippen LogP contribution is -2.11. The summed E-state index contributed by atoms with van der Waals surface area (Å²) in [5.74, 6) is -2.51. The van der Waals surface area contributed by atoms with E-state index in [0.717, 1.165) is 18.2 Å². The molecule has 1 N–H and O–H groups in total. The molecule has 0 unspecified atom stereocenters. The molecule has 0 aliphatic rings. The summed E-state index contributed by atoms with van der Waals surface area (Å²) in [6.07, 6.45) is 0. The lowest BCUT2D eigenvalue weighted by atomic mass is 10.1. The van der Waals surface area contributed by atoms with E-state index in [1.54, 1.807) is 18.2 Å². The molecular formula is C14H9NO6. The van der Waals surface area contributed by atoms with Crippen LogP contribution < -0.4 is 4.74 Å². The average Bonchev–Trinajstić information content (AvgIpc) is 2.47. The number of nitro groups is 1. The topological polar surface area (TPSA) is 107 Å². The van der Waals surface area contributed by atoms with E-state index in [1.165, 1.54) is 12.1 Å². The zero-order valence-electron chi connectivity index (χ0n) is 10.6. The van der Waals surface area contributed by atoms with E-state index in [9.17, 15) is 19.7 Å². The van der Waals surface area contributed by atoms with Gasteiger partial charge in [0, 0.05) is 6.07 Å². The third-order valence-corrected chi connectivity index (χ3v) is 2.62. The van der Waals surface area contributed by atoms with E-state index >= 15 is 0 Å². The number of esters is 1. The van der Waals surface area contributed by atoms with Crippen LogP contribution in [0.2, 0.25) is 0 Å². The van der Waals surface area contributed by atoms with Gasteiger partial charge >= 0.3 is 11.9 Å². The van der Waals surface area contributed by atoms with Crippen LogP contribution in [0.5, 0.6) is 5.75 Å². The minimum absolute atomic E-state index is 0.209. The second-order valence-corrected chi connectivity index (χ2v) is 4.00. The molecule has 0 saturated heterocycles. The van der Waals surface area contributed by atoms with Crippen molar-refractivity contribution in [3.05, 3.63) is 69.8 Å². The van der Waals surface area contributed by atoms with Gasteiger partial charge in [-0.2, -0.15) is 0 Å². The highest BCUT2D eigenvalue weighted by molar-refractivity contribution is 5.95. The number of nitro benzene ring substituents is 1. The molecule has 0 bridgehead atoms. The van der Waals surface area contributed by atoms with E-state index < -0.39 is 16.9 Å². The quantitative estimate of drug-likeness (QED) is 0.400. The molecule has 7 heteroatoms. The molecule has 0 amide bonds. The van der Waals surface area contributed by atoms with Gasteiger partial charge in [-0.15, -0.1) is 0 Å². The van der Waals surface area contributed by atoms with E-state index in [1.807, 2.05) is 0 Å². The van der Waals surface area contributed by atoms with Gasteiger partial charge in [-0.25, -0.2) is 9.59 Å². The van der Waals surface area contributed by atoms with Crippen molar-refractivity contribution in [3.8, 4) is 5.75 Å². The number of carboxylic acid groups (broad SMARTS) is 1. The molecule has 2 aromatic rings. The molecule has 0 spiro atoms. The van der Waals surface area contributed by atoms with Crippen LogP contribution >= 0.6 is 0 Å². The maximum Gasteiger partial charge on any atom is 0.343 e. The van der Waals surface area contributed by atoms with Crippen molar-refractivity contribution < 1.29 is 24.4 Å². The summed E-state index contributed by atoms with van der Waals surface area (Å²) in [7, 11) is 0. The highest BCUT2D eigenvalue weighted by atomic mass is 16.6. The predicted molar refractivity (Wildman–Crippen MR) is 71.5 cm³/mol. The van der Waals surface area contributed by atoms with Crippen LogP contribution in [-0.4, -0.2) is 22.0 Å². The van der Waals surface area contributed by atoms with Gasteiger partial charge in [0.1, 0.15) is 5.56 Å². The average molecular weight is 287 g/mol. The van der Waals surface area contributed by atoms with Crippen LogP contribution in [0.4, 0.5) is 5.69 Å². The number of aromatic carboxylic acids is 1. The van der Waals surface area contributed by atoms with Gasteiger partial charge in [0.05, 0.1) is 16.6 Å². The number of benzene rings is 2. The summed E-state index contributed by atoms with van der Waals surface area (Å²) in [5, 5.41) is 19.7. The number of non-ortho nitro benzene ring substituents is 1. The molecule has 0 aliphatic carbocycles. The Morgan fingerprint density at radius 1 is 1.10 bits per heavy atom. The predicted octanol–water partition coefficient (Wildman–Crippen LogP) is 2.51. The Labute approximate surface area is 118 Å². The molecule has 7 nitrogen and oxygen atoms in total. The Hall–Kier alpha value is -3.22. The Bertz CT molecular complexity index is 711. The van der Waals surface area contributed by atoms with Crippen molar-refractivity contribution in [2.24, 2.45) is 0 Å². The van der Waals surface area contributed by atoms with Crippen molar-refractivity contribution in [3.63, 3.8) is 0 Å². The smallest absolute Gasteiger partial charge is 0.343 e. The lowest BCUT2D eigenvalue weighted by Gasteiger charge is -2.07. The fourth-order valence-electron chi connectivity index (χ4n) is 1.62. The van der Waals surface area contributed by atoms with Gasteiger partial charge in [-0.1, -0.05) is 18.2 Å². The lowest BCUT2D eigenvalue weighted by molar-refractivity contribution is -0.384. The molecule has 106 valence electrons. The molecule has 21 heavy (non-hydrogen) atoms. The van der Waals surface area contributed by atoms with Crippen LogP contribution in [0, 0.1) is 10.1 Å². The van der Waals surface area contributed by atoms with E-state index in [-0.39, 0.29) is 22.6 Å². The summed E-state index contributed by atoms with van der Waals surface area (Å²) < 4.78 is 4.96. The van der Waals surface area contributed by atoms with E-state index in [0.29, 0.717) is 0 Å². The first kappa shape index (κ1) is 14.2. The normalized spacial score (nSPS) is 9.90. The fourth-order valence-corrected chi connectivity index (χ4v) is 1.62. The molecule has 0 aromatic heterocycles. The fraction of sp³-hybridized carbons (Fsp3) is 0. The number of hydrogen-bond acceptors (Lipinski definition) is 5. The third kappa shape index (κ3) is 3.21. The number of carboxylic acids is 1. The molecular weight excluding hydrogens is 278 g/mol. The summed E-state index contributed by atoms with van der Waals surface area (Å²) in [5.41, 5.74) is -0.485. The zero-order chi connectivity index (χ0) is 15.4. The molecule has 0 radical (unpaired) electrons. The highest BCUT2D eigenvalue weighted by Gasteiger charge is 2.19. The number of nitrogens with zero attached hydrogens (tertiary/aromatic N) is 1. The van der Waals surface area contributed by atoms with Crippen molar-refractivity contribution in [1.82, 2.24) is 0 Å². The summed E-state index contributed by atoms with van der Waals surface area (Å²) >= 11 is 0. The van der Waals surface area contributed by atoms with Gasteiger partial charge in [0.2, 0.25) is 0 Å². The second kappa shape index (κ2) is 5.83. The first-order chi connectivity index (χ1) is 9.99. The van der Waals surface area contributed by atoms with Crippen LogP contribution in [0.1, 0.15) is 20.7 Å². The Morgan fingerprint density at radius 3 is 2.33 bits per heavy atom. The van der Waals surface area contributed by atoms with E-state index in [4.69, 9.17) is 9.84 Å². The van der Waals surface area contributed by atoms with Crippen molar-refractivity contribution in [1.29, 1.82) is 0 Å². The van der Waals surface area contributed by atoms with Crippen LogP contribution in [-0.2, 0) is 0 Å². The summed E-state index contributed by atoms with van der Waals surface area (Å²) in [4.78, 5) is 32.9. The molecule has 2 rings (SSSR count). The van der Waals surface area contributed by atoms with Crippen LogP contribution in [0.3, 0.4) is 0 Å². The minimum atomic E-state index is -1.35. The van der Waals surface area contributed by atoms with Crippen molar-refractivity contribution >= 4 is 17.6 Å². The molecule has 2 aromatic carbocycles. The molecule has 0 heterocycles. The van der Waals surface area contributed by atoms with Gasteiger partial charge < -0.3 is 9.84 Å². The van der Waals surface area contributed by atoms with Gasteiger partial charge in [0.15, 0.2) is 5.75 Å². The standard InChI is InChI=1S/C14H9NO6/c16-13(17)11-7-6-10(15(19)20)8-12(11)21-14(18)9-4-2-1-3-5-9/h1-8H,(H,16,17). The highest BCUT2D eigenvalue weighted by Crippen LogP contribution is 2.25. The van der Waals surface area contributed by atoms with Gasteiger partial charge in [0.25, 0.3) is 5.69 Å². The summed E-state index contributed by atoms with van der Waals surface area (Å²) in [6.45, 7) is 0. The second-order valence-electron chi connectivity index (χ2n) is 4.00. The van der Waals surface area contributed by atoms with Crippen LogP contribution in [0.15, 0.2) is 48.5 Å². The maximum atomic E-state index is 11.9. The maximum absolute atomic E-state index is 11.9. The SMILES string of the molecule is O=C(Oc1cc([N+](=O)[O-])ccc1C(=O)O)c1ccccc1. The molecule has 0 aliphatic heterocycles. The minimum Gasteiger partial charge on any atom is -0.478 e. The van der Waals surface area contributed by atoms with Crippen molar-refractivity contribution in [2.75, 3.05) is 0 Å². The first-order valence-corrected chi connectivity index (χ1v) is 5.78. The first-order valence-electron chi connectivity index (χ1n) is 5.78. The van der Waals surface area contributed by atoms with Gasteiger partial charge in [-0.05, 0) is 18.2 Å². The van der Waals surface area contributed by atoms with Gasteiger partial charge in [-0.3, -0.25) is 10.1 Å². The number of ether oxygens (including phenoxy) is 1. The number of carbonyl (C=O) groups is 2. The summed E-state index contributed by atoms with van der Waals surface area (Å²) in [6, 6.07) is 10.9. The number of carbonyl (C=O) groups excluding carboxylic acids is 1. The Kier molecular flexibility index (Phi) is 3.94. The molecule has 0 atom stereocenters. The Morgan fingerprint density at radius 2 is 1.76 bits per heavy atom. The third-order valence-electron chi connectivity index (χ3n) is 2.62. The molecule has 0 saturated carbocycles. The number of hydrogen-bond donors (Lipinski definition) is 1. The number of rotatable bonds is 4. The monoisotopic (exact) mass is 287 g/mol.